The molecule has 16 atom stereocenters. The summed E-state index contributed by atoms with van der Waals surface area (Å²) in [6, 6.07) is -0.410. The zero-order valence-electron chi connectivity index (χ0n) is 81.8. The summed E-state index contributed by atoms with van der Waals surface area (Å²) >= 11 is 1.17. The monoisotopic (exact) mass is 2120 g/mol. The molecule has 5 rings (SSSR count). The number of rotatable bonds is 69. The third kappa shape index (κ3) is 45.4. The number of hydrogen-bond acceptors (Lipinski definition) is 30. The van der Waals surface area contributed by atoms with Crippen LogP contribution in [0.3, 0.4) is 0 Å². The normalized spacial score (nSPS) is 14.9. The minimum atomic E-state index is -2.17. The molecule has 1 aliphatic heterocycles. The minimum Gasteiger partial charge on any atom is -0.508 e. The van der Waals surface area contributed by atoms with Gasteiger partial charge < -0.3 is 157 Å². The van der Waals surface area contributed by atoms with Crippen molar-refractivity contribution < 1.29 is 145 Å². The first kappa shape index (κ1) is 124. The van der Waals surface area contributed by atoms with Crippen LogP contribution in [0.1, 0.15) is 144 Å². The van der Waals surface area contributed by atoms with Gasteiger partial charge in [0.2, 0.25) is 136 Å². The second-order valence-electron chi connectivity index (χ2n) is 35.0. The molecule has 23 amide bonds. The van der Waals surface area contributed by atoms with E-state index in [4.69, 9.17) is 51.6 Å². The van der Waals surface area contributed by atoms with E-state index in [1.165, 1.54) is 48.2 Å². The number of carbonyl (C=O) groups excluding carboxylic acids is 23. The Morgan fingerprint density at radius 3 is 1.04 bits per heavy atom. The molecule has 4 aromatic carbocycles. The van der Waals surface area contributed by atoms with Crippen molar-refractivity contribution in [1.29, 1.82) is 0 Å². The molecule has 0 unspecified atom stereocenters. The average Bonchev–Trinajstić information content (AvgIpc) is 1.66. The first-order valence-electron chi connectivity index (χ1n) is 47.3. The number of carboxylic acids is 3. The number of nitrogens with one attached hydrogen (secondary N) is 15. The first-order valence-corrected chi connectivity index (χ1v) is 48.7. The van der Waals surface area contributed by atoms with Gasteiger partial charge in [-0.3, -0.25) is 120 Å². The quantitative estimate of drug-likeness (QED) is 0.0183. The Balaban J connectivity index is 1.44. The van der Waals surface area contributed by atoms with Gasteiger partial charge in [0, 0.05) is 57.9 Å². The summed E-state index contributed by atoms with van der Waals surface area (Å²) in [5.74, 6) is -31.8. The molecule has 56 heteroatoms. The second-order valence-corrected chi connectivity index (χ2v) is 36.0. The van der Waals surface area contributed by atoms with E-state index < -0.39 is 340 Å². The molecule has 816 valence electrons. The summed E-state index contributed by atoms with van der Waals surface area (Å²) < 4.78 is 0. The van der Waals surface area contributed by atoms with Crippen molar-refractivity contribution in [3.05, 3.63) is 138 Å². The largest absolute Gasteiger partial charge is 0.508 e. The highest BCUT2D eigenvalue weighted by Crippen LogP contribution is 2.23. The van der Waals surface area contributed by atoms with Crippen molar-refractivity contribution in [2.45, 2.75) is 244 Å². The Hall–Kier alpha value is -16.8. The van der Waals surface area contributed by atoms with E-state index >= 15 is 19.2 Å². The van der Waals surface area contributed by atoms with Crippen LogP contribution in [0.2, 0.25) is 0 Å². The Morgan fingerprint density at radius 1 is 0.333 bits per heavy atom. The Morgan fingerprint density at radius 2 is 0.653 bits per heavy atom. The van der Waals surface area contributed by atoms with Crippen molar-refractivity contribution in [1.82, 2.24) is 84.7 Å². The van der Waals surface area contributed by atoms with Crippen LogP contribution in [0.4, 0.5) is 0 Å². The summed E-state index contributed by atoms with van der Waals surface area (Å²) in [5.41, 5.74) is 50.8. The number of amides is 23. The highest BCUT2D eigenvalue weighted by Gasteiger charge is 2.44. The predicted molar refractivity (Wildman–Crippen MR) is 528 cm³/mol. The van der Waals surface area contributed by atoms with E-state index in [0.29, 0.717) is 16.7 Å². The Bertz CT molecular complexity index is 5460. The number of thioether (sulfide) groups is 1. The molecule has 55 nitrogen and oxygen atoms in total. The summed E-state index contributed by atoms with van der Waals surface area (Å²) in [6.45, 7) is -1.28. The number of hydrogen-bond donors (Lipinski definition) is 28. The molecule has 0 spiro atoms. The number of nitrogens with two attached hydrogens (primary N) is 9. The topological polar surface area (TPSA) is 943 Å². The number of aliphatic carboxylic acids is 3. The molecule has 1 heterocycles. The van der Waals surface area contributed by atoms with Gasteiger partial charge in [0.25, 0.3) is 0 Å². The van der Waals surface area contributed by atoms with Gasteiger partial charge in [-0.25, -0.2) is 4.79 Å². The van der Waals surface area contributed by atoms with E-state index in [9.17, 15) is 126 Å². The Kier molecular flexibility index (Phi) is 52.4. The van der Waals surface area contributed by atoms with Crippen molar-refractivity contribution in [2.75, 3.05) is 31.6 Å². The molecule has 1 saturated heterocycles. The number of carboxylic acid groups (broad SMARTS) is 3. The fourth-order valence-corrected chi connectivity index (χ4v) is 15.7. The van der Waals surface area contributed by atoms with Crippen LogP contribution < -0.4 is 131 Å². The van der Waals surface area contributed by atoms with Gasteiger partial charge in [0.05, 0.1) is 44.7 Å². The molecule has 0 aromatic heterocycles. The molecule has 1 aliphatic rings. The van der Waals surface area contributed by atoms with Crippen LogP contribution >= 0.6 is 11.8 Å². The van der Waals surface area contributed by atoms with Crippen molar-refractivity contribution >= 4 is 166 Å². The van der Waals surface area contributed by atoms with E-state index in [1.54, 1.807) is 85.1 Å². The van der Waals surface area contributed by atoms with Crippen molar-refractivity contribution in [3.63, 3.8) is 0 Å². The summed E-state index contributed by atoms with van der Waals surface area (Å²) in [6.07, 6.45) is -10.2. The van der Waals surface area contributed by atoms with Crippen LogP contribution in [-0.2, 0) is 150 Å². The molecule has 0 bridgehead atoms. The third-order valence-corrected chi connectivity index (χ3v) is 23.6. The number of likely N-dealkylation sites (tertiary alicyclic amines) is 1. The van der Waals surface area contributed by atoms with E-state index in [-0.39, 0.29) is 94.4 Å². The summed E-state index contributed by atoms with van der Waals surface area (Å²) in [4.78, 5) is 353. The van der Waals surface area contributed by atoms with Gasteiger partial charge in [-0.15, -0.1) is 0 Å². The fourth-order valence-electron chi connectivity index (χ4n) is 15.2. The Labute approximate surface area is 862 Å². The van der Waals surface area contributed by atoms with Gasteiger partial charge in [0.15, 0.2) is 0 Å². The zero-order valence-corrected chi connectivity index (χ0v) is 82.6. The smallest absolute Gasteiger partial charge is 0.326 e. The predicted octanol–water partition coefficient (Wildman–Crippen LogP) is -10.5. The second kappa shape index (κ2) is 63.5. The molecular formula is C94H129N25O30S. The molecule has 0 aliphatic carbocycles. The van der Waals surface area contributed by atoms with Crippen molar-refractivity contribution in [3.8, 4) is 5.75 Å². The zero-order chi connectivity index (χ0) is 112. The van der Waals surface area contributed by atoms with Gasteiger partial charge in [-0.1, -0.05) is 103 Å². The molecule has 1 fully saturated rings. The number of nitrogens with zero attached hydrogens (tertiary/aromatic N) is 1. The van der Waals surface area contributed by atoms with Crippen LogP contribution in [0, 0.1) is 0 Å². The van der Waals surface area contributed by atoms with Gasteiger partial charge in [-0.2, -0.15) is 11.8 Å². The van der Waals surface area contributed by atoms with Gasteiger partial charge in [-0.05, 0) is 117 Å². The highest BCUT2D eigenvalue weighted by molar-refractivity contribution is 7.98. The SMILES string of the molecule is CSCC[C@H](NC(=O)[C@H](CCC(N)=O)NC(=O)[C@H](CCC(=O)O)NC(=O)[C@H](Cc1ccccc1)NC(=O)[C@H](Cc1ccccc1)NC(=O)[C@H](CCCCN)NC(=O)[C@H](Cc1ccc(O)cc1)NC(=O)[C@H](CC(N)=O)NC(=O)[C@@H]1CCCN1C(=O)[C@H](CC(N)=O)NC(=O)[C@H](CC(=O)O)NC(=O)[C@H](Cc1ccccc1)NC(=O)CNC(=O)[C@H](CC(N)=O)NC(=O)[C@@H](N)CCC(N)=O)C(=O)N[C@@H](CCC(N)=O)C(=O)N[C@@H](CC(N)=O)C(=O)O. The number of carbonyl (C=O) groups is 26. The lowest BCUT2D eigenvalue weighted by atomic mass is 10.0. The maximum Gasteiger partial charge on any atom is 0.326 e. The van der Waals surface area contributed by atoms with Crippen LogP contribution in [0.15, 0.2) is 115 Å². The number of phenolic OH excluding ortho intramolecular Hbond substituents is 1. The number of benzene rings is 4. The lowest BCUT2D eigenvalue weighted by Gasteiger charge is -2.30. The van der Waals surface area contributed by atoms with Crippen molar-refractivity contribution in [2.24, 2.45) is 51.6 Å². The summed E-state index contributed by atoms with van der Waals surface area (Å²) in [5, 5.41) is 75.5. The number of phenols is 1. The number of aromatic hydroxyl groups is 1. The summed E-state index contributed by atoms with van der Waals surface area (Å²) in [7, 11) is 0. The first-order chi connectivity index (χ1) is 70.9. The van der Waals surface area contributed by atoms with Crippen LogP contribution in [0.25, 0.3) is 0 Å². The fraction of sp³-hybridized carbons (Fsp3) is 0.468. The average molecular weight is 2120 g/mol. The molecule has 150 heavy (non-hydrogen) atoms. The van der Waals surface area contributed by atoms with Crippen LogP contribution in [0.5, 0.6) is 5.75 Å². The number of unbranched alkanes of at least 4 members (excludes halogenated alkanes) is 1. The van der Waals surface area contributed by atoms with Gasteiger partial charge in [0.1, 0.15) is 96.4 Å². The standard InChI is InChI=1S/C94H129N25O30S/c1-150-37-34-58(85(139)108-56(28-32-71(99)123)84(138)118-67(94(148)149)45-75(103)127)110-82(136)55(27-31-70(98)122)107-83(137)57(29-33-77(129)130)109-88(142)60(39-49-16-7-3-8-17-49)113-89(143)61(40-50-18-9-4-10-19-50)112-81(135)54(20-11-12-35-95)106-87(141)62(41-51-22-24-52(120)25-23-51)114-90(144)64(43-73(101)125)116-92(146)68-21-13-36-119(68)93(147)66(44-74(102)126)117-91(145)65(46-78(131)132)115-86(140)59(38-48-14-5-2-6-15-48)105-76(128)47-104-80(134)63(42-72(100)124)111-79(133)53(96)26-30-69(97)121/h2-10,14-19,22-25,53-68,120H,11-13,20-21,26-47,95-96H2,1H3,(H2,97,121)(H2,98,122)(H2,99,123)(H2,100,124)(H2,101,125)(H2,102,126)(H2,103,127)(H,104,134)(H,105,128)(H,106,141)(H,107,137)(H,108,139)(H,109,142)(H,110,136)(H,111,133)(H,112,135)(H,113,143)(H,114,144)(H,115,140)(H,116,146)(H,117,145)(H,118,138)(H,129,130)(H,131,132)(H,148,149)/t53-,54-,55-,56-,57-,58-,59-,60-,61-,62-,63-,64-,65-,66-,67-,68-/m0/s1. The molecule has 0 radical (unpaired) electrons. The molecule has 4 aromatic rings. The highest BCUT2D eigenvalue weighted by atomic mass is 32.2. The molecule has 0 saturated carbocycles. The van der Waals surface area contributed by atoms with E-state index in [2.05, 4.69) is 74.4 Å². The minimum absolute atomic E-state index is 0.0145. The lowest BCUT2D eigenvalue weighted by molar-refractivity contribution is -0.144. The van der Waals surface area contributed by atoms with Crippen LogP contribution in [-0.4, -0.2) is 307 Å². The van der Waals surface area contributed by atoms with Gasteiger partial charge >= 0.3 is 17.9 Å². The number of primary amides is 7. The maximum atomic E-state index is 15.3. The maximum absolute atomic E-state index is 15.3. The van der Waals surface area contributed by atoms with E-state index in [0.717, 1.165) is 4.90 Å². The third-order valence-electron chi connectivity index (χ3n) is 22.9. The van der Waals surface area contributed by atoms with E-state index in [1.807, 2.05) is 5.32 Å². The molecular weight excluding hydrogens is 1990 g/mol. The lowest BCUT2D eigenvalue weighted by Crippen LogP contribution is -2.61. The molecule has 37 N–H and O–H groups in total.